The van der Waals surface area contributed by atoms with Gasteiger partial charge in [-0.05, 0) is 39.3 Å². The average Bonchev–Trinajstić information content (AvgIpc) is 3.12. The van der Waals surface area contributed by atoms with Gasteiger partial charge in [0.2, 0.25) is 0 Å². The van der Waals surface area contributed by atoms with Crippen molar-refractivity contribution in [2.24, 2.45) is 0 Å². The molecule has 0 atom stereocenters. The van der Waals surface area contributed by atoms with Crippen molar-refractivity contribution in [1.29, 1.82) is 0 Å². The minimum atomic E-state index is -0.0888. The fourth-order valence-electron chi connectivity index (χ4n) is 3.31. The largest absolute Gasteiger partial charge is 0.379 e. The number of aryl methyl sites for hydroxylation is 1. The lowest BCUT2D eigenvalue weighted by Crippen LogP contribution is -2.24. The van der Waals surface area contributed by atoms with Crippen LogP contribution >= 0.6 is 23.1 Å². The van der Waals surface area contributed by atoms with Crippen molar-refractivity contribution in [2.45, 2.75) is 50.8 Å². The Balaban J connectivity index is 1.63. The number of thiazole rings is 1. The van der Waals surface area contributed by atoms with E-state index in [0.29, 0.717) is 52.0 Å². The molecule has 1 aromatic carbocycles. The second-order valence-electron chi connectivity index (χ2n) is 7.51. The van der Waals surface area contributed by atoms with Crippen molar-refractivity contribution < 1.29 is 4.74 Å². The fourth-order valence-corrected chi connectivity index (χ4v) is 5.12. The quantitative estimate of drug-likeness (QED) is 0.227. The minimum absolute atomic E-state index is 0.0602. The molecule has 0 spiro atoms. The van der Waals surface area contributed by atoms with Crippen LogP contribution in [0.3, 0.4) is 0 Å². The maximum atomic E-state index is 13.1. The summed E-state index contributed by atoms with van der Waals surface area (Å²) >= 11 is 2.87. The van der Waals surface area contributed by atoms with Crippen molar-refractivity contribution in [3.63, 3.8) is 0 Å². The van der Waals surface area contributed by atoms with Gasteiger partial charge in [0.05, 0.1) is 22.7 Å². The molecule has 0 bridgehead atoms. The molecule has 0 aliphatic rings. The Morgan fingerprint density at radius 1 is 1.19 bits per heavy atom. The smallest absolute Gasteiger partial charge is 0.262 e. The van der Waals surface area contributed by atoms with E-state index < -0.39 is 0 Å². The number of hydrogen-bond acceptors (Lipinski definition) is 7. The van der Waals surface area contributed by atoms with Crippen molar-refractivity contribution in [3.8, 4) is 0 Å². The van der Waals surface area contributed by atoms with Crippen LogP contribution < -0.4 is 11.1 Å². The second kappa shape index (κ2) is 9.33. The maximum absolute atomic E-state index is 13.1. The molecule has 4 aromatic rings. The number of fused-ring (bicyclic) bond motifs is 2. The summed E-state index contributed by atoms with van der Waals surface area (Å²) < 4.78 is 8.94. The molecule has 0 amide bonds. The lowest BCUT2D eigenvalue weighted by molar-refractivity contribution is 0.0743. The molecule has 3 aromatic heterocycles. The van der Waals surface area contributed by atoms with Crippen LogP contribution in [-0.4, -0.2) is 31.6 Å². The van der Waals surface area contributed by atoms with Crippen LogP contribution in [0.5, 0.6) is 0 Å². The summed E-state index contributed by atoms with van der Waals surface area (Å²) in [5.74, 6) is 0.454. The molecule has 0 unspecified atom stereocenters. The van der Waals surface area contributed by atoms with Gasteiger partial charge in [-0.15, -0.1) is 11.3 Å². The van der Waals surface area contributed by atoms with E-state index in [0.717, 1.165) is 5.69 Å². The van der Waals surface area contributed by atoms with Crippen LogP contribution in [0.25, 0.3) is 15.9 Å². The molecule has 0 aliphatic carbocycles. The lowest BCUT2D eigenvalue weighted by Gasteiger charge is -2.14. The van der Waals surface area contributed by atoms with Crippen molar-refractivity contribution in [3.05, 3.63) is 67.8 Å². The van der Waals surface area contributed by atoms with Gasteiger partial charge in [-0.1, -0.05) is 23.9 Å². The molecule has 7 nitrogen and oxygen atoms in total. The number of thioether (sulfide) groups is 1. The van der Waals surface area contributed by atoms with E-state index in [2.05, 4.69) is 4.98 Å². The zero-order valence-corrected chi connectivity index (χ0v) is 19.3. The van der Waals surface area contributed by atoms with Gasteiger partial charge in [0.15, 0.2) is 10.1 Å². The molecule has 3 heterocycles. The van der Waals surface area contributed by atoms with E-state index in [4.69, 9.17) is 9.72 Å². The average molecular weight is 457 g/mol. The molecule has 31 heavy (non-hydrogen) atoms. The SMILES string of the molecule is Cc1csc2nc(CSc3nc4ccccc4c(=O)n3CCCOC(C)C)cc(=O)n12. The van der Waals surface area contributed by atoms with Gasteiger partial charge < -0.3 is 4.74 Å². The Bertz CT molecular complexity index is 1340. The lowest BCUT2D eigenvalue weighted by atomic mass is 10.2. The number of para-hydroxylation sites is 1. The number of nitrogens with zero attached hydrogens (tertiary/aromatic N) is 4. The van der Waals surface area contributed by atoms with Crippen LogP contribution in [0.2, 0.25) is 0 Å². The van der Waals surface area contributed by atoms with Gasteiger partial charge in [-0.25, -0.2) is 9.97 Å². The highest BCUT2D eigenvalue weighted by atomic mass is 32.2. The van der Waals surface area contributed by atoms with Crippen LogP contribution in [0.15, 0.2) is 50.5 Å². The fraction of sp³-hybridized carbons (Fsp3) is 0.364. The summed E-state index contributed by atoms with van der Waals surface area (Å²) in [4.78, 5) is 35.6. The van der Waals surface area contributed by atoms with Crippen molar-refractivity contribution >= 4 is 39.0 Å². The predicted molar refractivity (Wildman–Crippen MR) is 125 cm³/mol. The molecule has 4 rings (SSSR count). The van der Waals surface area contributed by atoms with E-state index >= 15 is 0 Å². The molecule has 0 aliphatic heterocycles. The topological polar surface area (TPSA) is 78.5 Å². The summed E-state index contributed by atoms with van der Waals surface area (Å²) in [5.41, 5.74) is 2.07. The Morgan fingerprint density at radius 3 is 2.81 bits per heavy atom. The highest BCUT2D eigenvalue weighted by molar-refractivity contribution is 7.98. The molecule has 0 saturated heterocycles. The van der Waals surface area contributed by atoms with Gasteiger partial charge in [-0.2, -0.15) is 0 Å². The minimum Gasteiger partial charge on any atom is -0.379 e. The van der Waals surface area contributed by atoms with Crippen molar-refractivity contribution in [1.82, 2.24) is 18.9 Å². The number of ether oxygens (including phenoxy) is 1. The molecule has 0 N–H and O–H groups in total. The predicted octanol–water partition coefficient (Wildman–Crippen LogP) is 3.88. The molecule has 9 heteroatoms. The number of rotatable bonds is 8. The third-order valence-corrected chi connectivity index (χ3v) is 6.74. The first-order valence-corrected chi connectivity index (χ1v) is 12.0. The summed E-state index contributed by atoms with van der Waals surface area (Å²) in [6.45, 7) is 6.97. The van der Waals surface area contributed by atoms with Gasteiger partial charge in [0.1, 0.15) is 0 Å². The molecule has 0 radical (unpaired) electrons. The van der Waals surface area contributed by atoms with Crippen LogP contribution in [0.1, 0.15) is 31.7 Å². The first-order chi connectivity index (χ1) is 14.9. The van der Waals surface area contributed by atoms with Gasteiger partial charge in [0, 0.05) is 36.0 Å². The number of benzene rings is 1. The van der Waals surface area contributed by atoms with E-state index in [1.807, 2.05) is 44.4 Å². The monoisotopic (exact) mass is 456 g/mol. The molecule has 0 fully saturated rings. The van der Waals surface area contributed by atoms with E-state index in [1.54, 1.807) is 21.1 Å². The Morgan fingerprint density at radius 2 is 2.00 bits per heavy atom. The summed E-state index contributed by atoms with van der Waals surface area (Å²) in [5, 5.41) is 3.14. The third kappa shape index (κ3) is 4.73. The Hall–Kier alpha value is -2.49. The molecular formula is C22H24N4O3S2. The molecular weight excluding hydrogens is 432 g/mol. The second-order valence-corrected chi connectivity index (χ2v) is 9.29. The highest BCUT2D eigenvalue weighted by Crippen LogP contribution is 2.22. The first kappa shape index (κ1) is 21.7. The first-order valence-electron chi connectivity index (χ1n) is 10.1. The van der Waals surface area contributed by atoms with E-state index in [1.165, 1.54) is 23.1 Å². The summed E-state index contributed by atoms with van der Waals surface area (Å²) in [7, 11) is 0. The Kier molecular flexibility index (Phi) is 6.54. The third-order valence-electron chi connectivity index (χ3n) is 4.78. The normalized spacial score (nSPS) is 11.7. The Labute approximate surface area is 187 Å². The summed E-state index contributed by atoms with van der Waals surface area (Å²) in [6, 6.07) is 8.92. The maximum Gasteiger partial charge on any atom is 0.262 e. The van der Waals surface area contributed by atoms with Gasteiger partial charge in [0.25, 0.3) is 11.1 Å². The van der Waals surface area contributed by atoms with Crippen LogP contribution in [0.4, 0.5) is 0 Å². The van der Waals surface area contributed by atoms with E-state index in [9.17, 15) is 9.59 Å². The highest BCUT2D eigenvalue weighted by Gasteiger charge is 2.13. The molecule has 162 valence electrons. The molecule has 0 saturated carbocycles. The number of aromatic nitrogens is 4. The van der Waals surface area contributed by atoms with E-state index in [-0.39, 0.29) is 17.2 Å². The zero-order valence-electron chi connectivity index (χ0n) is 17.7. The van der Waals surface area contributed by atoms with Gasteiger partial charge in [-0.3, -0.25) is 18.6 Å². The zero-order chi connectivity index (χ0) is 22.0. The number of hydrogen-bond donors (Lipinski definition) is 0. The van der Waals surface area contributed by atoms with Crippen LogP contribution in [0, 0.1) is 6.92 Å². The van der Waals surface area contributed by atoms with Gasteiger partial charge >= 0.3 is 0 Å². The summed E-state index contributed by atoms with van der Waals surface area (Å²) in [6.07, 6.45) is 0.868. The van der Waals surface area contributed by atoms with Crippen molar-refractivity contribution in [2.75, 3.05) is 6.61 Å². The van der Waals surface area contributed by atoms with Crippen LogP contribution in [-0.2, 0) is 17.0 Å². The standard InChI is InChI=1S/C22H24N4O3S2/c1-14(2)29-10-6-9-25-20(28)17-7-4-5-8-18(17)24-21(25)31-13-16-11-19(27)26-15(3)12-30-22(26)23-16/h4-5,7-8,11-12,14H,6,9-10,13H2,1-3H3.